The summed E-state index contributed by atoms with van der Waals surface area (Å²) in [5.41, 5.74) is 13.6. The highest BCUT2D eigenvalue weighted by Gasteiger charge is 2.16. The molecule has 0 bridgehead atoms. The van der Waals surface area contributed by atoms with Crippen molar-refractivity contribution < 1.29 is 9.53 Å². The van der Waals surface area contributed by atoms with Crippen LogP contribution in [0.5, 0.6) is 0 Å². The van der Waals surface area contributed by atoms with Crippen molar-refractivity contribution in [1.29, 1.82) is 0 Å². The van der Waals surface area contributed by atoms with Crippen molar-refractivity contribution in [2.24, 2.45) is 18.5 Å². The van der Waals surface area contributed by atoms with Gasteiger partial charge in [0.2, 0.25) is 5.95 Å². The molecule has 148 valence electrons. The first-order valence-corrected chi connectivity index (χ1v) is 8.91. The van der Waals surface area contributed by atoms with Crippen molar-refractivity contribution in [1.82, 2.24) is 14.5 Å². The van der Waals surface area contributed by atoms with Crippen LogP contribution >= 0.6 is 0 Å². The van der Waals surface area contributed by atoms with E-state index < -0.39 is 5.91 Å². The van der Waals surface area contributed by atoms with Crippen molar-refractivity contribution in [3.05, 3.63) is 42.2 Å². The van der Waals surface area contributed by atoms with E-state index in [9.17, 15) is 4.79 Å². The van der Waals surface area contributed by atoms with Gasteiger partial charge in [-0.3, -0.25) is 4.79 Å². The Morgan fingerprint density at radius 2 is 2.14 bits per heavy atom. The van der Waals surface area contributed by atoms with E-state index in [1.807, 2.05) is 49.0 Å². The standard InChI is InChI=1S/C19H25N7O2/c1-11(28-3)14(20)10-23-19-22-9-13(17(21)27)18(25-19)24-15-5-4-6-16-12(15)7-8-26(16)2/h4-9,11,14H,10,20H2,1-3H3,(H2,21,27)(H2,22,23,24,25)/t11-,14-/m1/s1. The third-order valence-corrected chi connectivity index (χ3v) is 4.71. The molecule has 28 heavy (non-hydrogen) atoms. The molecule has 2 atom stereocenters. The average Bonchev–Trinajstić information content (AvgIpc) is 3.07. The second-order valence-corrected chi connectivity index (χ2v) is 6.60. The molecule has 0 spiro atoms. The van der Waals surface area contributed by atoms with Gasteiger partial charge in [0.15, 0.2) is 0 Å². The zero-order valence-electron chi connectivity index (χ0n) is 16.1. The number of primary amides is 1. The maximum atomic E-state index is 11.8. The van der Waals surface area contributed by atoms with Crippen molar-refractivity contribution in [3.8, 4) is 0 Å². The van der Waals surface area contributed by atoms with Crippen molar-refractivity contribution >= 4 is 34.3 Å². The van der Waals surface area contributed by atoms with Crippen molar-refractivity contribution in [2.75, 3.05) is 24.3 Å². The topological polar surface area (TPSA) is 133 Å². The number of methoxy groups -OCH3 is 1. The van der Waals surface area contributed by atoms with Crippen LogP contribution in [-0.4, -0.2) is 46.2 Å². The van der Waals surface area contributed by atoms with E-state index in [1.54, 1.807) is 7.11 Å². The molecule has 0 aliphatic carbocycles. The maximum absolute atomic E-state index is 11.8. The van der Waals surface area contributed by atoms with Gasteiger partial charge in [0.25, 0.3) is 5.91 Å². The lowest BCUT2D eigenvalue weighted by Crippen LogP contribution is -2.40. The molecular formula is C19H25N7O2. The van der Waals surface area contributed by atoms with Gasteiger partial charge in [-0.15, -0.1) is 0 Å². The van der Waals surface area contributed by atoms with E-state index in [1.165, 1.54) is 6.20 Å². The third kappa shape index (κ3) is 4.05. The zero-order valence-corrected chi connectivity index (χ0v) is 16.1. The number of carbonyl (C=O) groups is 1. The fourth-order valence-corrected chi connectivity index (χ4v) is 2.83. The van der Waals surface area contributed by atoms with Crippen LogP contribution < -0.4 is 22.1 Å². The number of nitrogens with zero attached hydrogens (tertiary/aromatic N) is 3. The number of aromatic nitrogens is 3. The Morgan fingerprint density at radius 3 is 2.86 bits per heavy atom. The van der Waals surface area contributed by atoms with E-state index in [-0.39, 0.29) is 17.7 Å². The lowest BCUT2D eigenvalue weighted by molar-refractivity contribution is 0.0989. The van der Waals surface area contributed by atoms with Gasteiger partial charge in [-0.1, -0.05) is 6.07 Å². The number of nitrogens with two attached hydrogens (primary N) is 2. The molecule has 2 heterocycles. The number of amides is 1. The van der Waals surface area contributed by atoms with Gasteiger partial charge in [-0.05, 0) is 25.1 Å². The molecule has 0 saturated heterocycles. The quantitative estimate of drug-likeness (QED) is 0.464. The first kappa shape index (κ1) is 19.6. The number of fused-ring (bicyclic) bond motifs is 1. The highest BCUT2D eigenvalue weighted by molar-refractivity contribution is 6.00. The number of carbonyl (C=O) groups excluding carboxylic acids is 1. The largest absolute Gasteiger partial charge is 0.380 e. The van der Waals surface area contributed by atoms with Crippen molar-refractivity contribution in [3.63, 3.8) is 0 Å². The molecule has 0 radical (unpaired) electrons. The van der Waals surface area contributed by atoms with Crippen LogP contribution in [-0.2, 0) is 11.8 Å². The molecule has 3 aromatic rings. The Hall–Kier alpha value is -3.17. The van der Waals surface area contributed by atoms with Crippen LogP contribution in [0.25, 0.3) is 10.9 Å². The van der Waals surface area contributed by atoms with Gasteiger partial charge in [0.05, 0.1) is 6.10 Å². The fraction of sp³-hybridized carbons (Fsp3) is 0.316. The summed E-state index contributed by atoms with van der Waals surface area (Å²) in [6, 6.07) is 7.62. The van der Waals surface area contributed by atoms with Crippen LogP contribution in [0, 0.1) is 0 Å². The molecule has 0 aliphatic heterocycles. The van der Waals surface area contributed by atoms with Gasteiger partial charge in [-0.25, -0.2) is 4.98 Å². The van der Waals surface area contributed by atoms with Gasteiger partial charge >= 0.3 is 0 Å². The van der Waals surface area contributed by atoms with Crippen LogP contribution in [0.2, 0.25) is 0 Å². The summed E-state index contributed by atoms with van der Waals surface area (Å²) in [5, 5.41) is 7.28. The van der Waals surface area contributed by atoms with E-state index in [0.717, 1.165) is 16.6 Å². The first-order chi connectivity index (χ1) is 13.4. The molecule has 9 heteroatoms. The minimum atomic E-state index is -0.612. The Labute approximate surface area is 163 Å². The molecule has 6 N–H and O–H groups in total. The Balaban J connectivity index is 1.88. The number of aryl methyl sites for hydroxylation is 1. The highest BCUT2D eigenvalue weighted by atomic mass is 16.5. The van der Waals surface area contributed by atoms with Crippen LogP contribution in [0.4, 0.5) is 17.5 Å². The Bertz CT molecular complexity index is 986. The second kappa shape index (κ2) is 8.24. The summed E-state index contributed by atoms with van der Waals surface area (Å²) in [5.74, 6) is 0.0557. The molecule has 1 amide bonds. The minimum absolute atomic E-state index is 0.120. The summed E-state index contributed by atoms with van der Waals surface area (Å²) >= 11 is 0. The molecule has 0 unspecified atom stereocenters. The van der Waals surface area contributed by atoms with Gasteiger partial charge in [-0.2, -0.15) is 4.98 Å². The highest BCUT2D eigenvalue weighted by Crippen LogP contribution is 2.27. The van der Waals surface area contributed by atoms with E-state index in [0.29, 0.717) is 18.3 Å². The van der Waals surface area contributed by atoms with Gasteiger partial charge in [0, 0.05) is 55.7 Å². The molecule has 0 fully saturated rings. The number of nitrogens with one attached hydrogen (secondary N) is 2. The van der Waals surface area contributed by atoms with Crippen LogP contribution in [0.3, 0.4) is 0 Å². The number of hydrogen-bond acceptors (Lipinski definition) is 7. The normalized spacial score (nSPS) is 13.3. The molecule has 0 saturated carbocycles. The summed E-state index contributed by atoms with van der Waals surface area (Å²) < 4.78 is 7.23. The van der Waals surface area contributed by atoms with E-state index in [2.05, 4.69) is 20.6 Å². The van der Waals surface area contributed by atoms with E-state index >= 15 is 0 Å². The Morgan fingerprint density at radius 1 is 1.36 bits per heavy atom. The summed E-state index contributed by atoms with van der Waals surface area (Å²) in [6.45, 7) is 2.30. The number of rotatable bonds is 8. The summed E-state index contributed by atoms with van der Waals surface area (Å²) in [4.78, 5) is 20.4. The molecule has 9 nitrogen and oxygen atoms in total. The number of ether oxygens (including phenoxy) is 1. The molecular weight excluding hydrogens is 358 g/mol. The number of anilines is 3. The Kier molecular flexibility index (Phi) is 5.76. The van der Waals surface area contributed by atoms with Crippen molar-refractivity contribution in [2.45, 2.75) is 19.1 Å². The molecule has 0 aliphatic rings. The van der Waals surface area contributed by atoms with Crippen LogP contribution in [0.1, 0.15) is 17.3 Å². The molecule has 2 aromatic heterocycles. The SMILES string of the molecule is CO[C@H](C)[C@H](N)CNc1ncc(C(N)=O)c(Nc2cccc3c2ccn3C)n1. The van der Waals surface area contributed by atoms with Crippen LogP contribution in [0.15, 0.2) is 36.7 Å². The lowest BCUT2D eigenvalue weighted by atomic mass is 10.2. The van der Waals surface area contributed by atoms with E-state index in [4.69, 9.17) is 16.2 Å². The summed E-state index contributed by atoms with van der Waals surface area (Å²) in [7, 11) is 3.58. The average molecular weight is 383 g/mol. The summed E-state index contributed by atoms with van der Waals surface area (Å²) in [6.07, 6.45) is 3.25. The zero-order chi connectivity index (χ0) is 20.3. The maximum Gasteiger partial charge on any atom is 0.254 e. The lowest BCUT2D eigenvalue weighted by Gasteiger charge is -2.19. The number of hydrogen-bond donors (Lipinski definition) is 4. The fourth-order valence-electron chi connectivity index (χ4n) is 2.83. The first-order valence-electron chi connectivity index (χ1n) is 8.91. The van der Waals surface area contributed by atoms with Gasteiger partial charge < -0.3 is 31.4 Å². The smallest absolute Gasteiger partial charge is 0.254 e. The molecule has 1 aromatic carbocycles. The third-order valence-electron chi connectivity index (χ3n) is 4.71. The minimum Gasteiger partial charge on any atom is -0.380 e. The molecule has 3 rings (SSSR count). The predicted octanol–water partition coefficient (Wildman–Crippen LogP) is 1.58. The van der Waals surface area contributed by atoms with Gasteiger partial charge in [0.1, 0.15) is 11.4 Å². The predicted molar refractivity (Wildman–Crippen MR) is 110 cm³/mol. The monoisotopic (exact) mass is 383 g/mol. The number of benzene rings is 1. The second-order valence-electron chi connectivity index (χ2n) is 6.60.